The summed E-state index contributed by atoms with van der Waals surface area (Å²) >= 11 is 3.20. The summed E-state index contributed by atoms with van der Waals surface area (Å²) in [5.74, 6) is -0.0690. The number of carbonyl (C=O) groups excluding carboxylic acids is 1. The number of benzene rings is 2. The molecule has 1 amide bonds. The molecule has 0 aliphatic heterocycles. The molecule has 0 saturated carbocycles. The number of hydrogen-bond donors (Lipinski definition) is 1. The molecule has 0 aliphatic carbocycles. The maximum absolute atomic E-state index is 12.4. The zero-order valence-corrected chi connectivity index (χ0v) is 17.9. The summed E-state index contributed by atoms with van der Waals surface area (Å²) in [4.78, 5) is 21.5. The van der Waals surface area contributed by atoms with E-state index in [-0.39, 0.29) is 12.3 Å². The highest BCUT2D eigenvalue weighted by atomic mass is 32.1. The van der Waals surface area contributed by atoms with Gasteiger partial charge in [-0.05, 0) is 31.0 Å². The van der Waals surface area contributed by atoms with Crippen molar-refractivity contribution in [3.05, 3.63) is 75.6 Å². The maximum Gasteiger partial charge on any atom is 0.230 e. The number of aromatic nitrogens is 2. The lowest BCUT2D eigenvalue weighted by Crippen LogP contribution is -2.14. The van der Waals surface area contributed by atoms with E-state index < -0.39 is 0 Å². The van der Waals surface area contributed by atoms with Crippen molar-refractivity contribution in [1.82, 2.24) is 9.97 Å². The molecule has 0 fully saturated rings. The van der Waals surface area contributed by atoms with Gasteiger partial charge in [-0.25, -0.2) is 9.97 Å². The van der Waals surface area contributed by atoms with Crippen LogP contribution in [0.25, 0.3) is 21.8 Å². The second-order valence-electron chi connectivity index (χ2n) is 6.75. The van der Waals surface area contributed by atoms with Crippen LogP contribution in [0.15, 0.2) is 59.3 Å². The lowest BCUT2D eigenvalue weighted by molar-refractivity contribution is -0.115. The van der Waals surface area contributed by atoms with E-state index in [0.717, 1.165) is 44.6 Å². The molecule has 2 heterocycles. The van der Waals surface area contributed by atoms with Gasteiger partial charge in [-0.3, -0.25) is 4.79 Å². The number of amides is 1. The molecule has 0 saturated heterocycles. The van der Waals surface area contributed by atoms with Crippen LogP contribution in [0.4, 0.5) is 5.69 Å². The first-order valence-corrected chi connectivity index (χ1v) is 11.2. The molecule has 1 N–H and O–H groups in total. The van der Waals surface area contributed by atoms with Gasteiger partial charge in [0.25, 0.3) is 0 Å². The number of nitrogens with zero attached hydrogens (tertiary/aromatic N) is 2. The third-order valence-corrected chi connectivity index (χ3v) is 6.30. The highest BCUT2D eigenvalue weighted by Crippen LogP contribution is 2.25. The topological polar surface area (TPSA) is 54.9 Å². The number of hydrogen-bond acceptors (Lipinski definition) is 5. The Morgan fingerprint density at radius 1 is 0.931 bits per heavy atom. The van der Waals surface area contributed by atoms with Crippen molar-refractivity contribution in [2.24, 2.45) is 0 Å². The highest BCUT2D eigenvalue weighted by molar-refractivity contribution is 7.13. The van der Waals surface area contributed by atoms with Gasteiger partial charge in [0.1, 0.15) is 5.01 Å². The second-order valence-corrected chi connectivity index (χ2v) is 8.67. The molecule has 4 rings (SSSR count). The van der Waals surface area contributed by atoms with E-state index in [9.17, 15) is 4.79 Å². The molecular weight excluding hydrogens is 398 g/mol. The zero-order chi connectivity index (χ0) is 20.2. The quantitative estimate of drug-likeness (QED) is 0.418. The lowest BCUT2D eigenvalue weighted by atomic mass is 10.1. The highest BCUT2D eigenvalue weighted by Gasteiger charge is 2.10. The smallest absolute Gasteiger partial charge is 0.230 e. The van der Waals surface area contributed by atoms with Crippen molar-refractivity contribution in [2.45, 2.75) is 26.7 Å². The summed E-state index contributed by atoms with van der Waals surface area (Å²) in [6.07, 6.45) is 1.28. The molecule has 6 heteroatoms. The molecule has 0 atom stereocenters. The number of aryl methyl sites for hydroxylation is 2. The van der Waals surface area contributed by atoms with Gasteiger partial charge in [-0.2, -0.15) is 0 Å². The summed E-state index contributed by atoms with van der Waals surface area (Å²) in [5.41, 5.74) is 5.97. The van der Waals surface area contributed by atoms with E-state index in [1.54, 1.807) is 22.7 Å². The molecule has 0 radical (unpaired) electrons. The molecule has 4 nitrogen and oxygen atoms in total. The van der Waals surface area contributed by atoms with Gasteiger partial charge in [-0.1, -0.05) is 43.3 Å². The number of nitrogens with one attached hydrogen (secondary N) is 1. The first-order valence-electron chi connectivity index (χ1n) is 9.47. The van der Waals surface area contributed by atoms with Gasteiger partial charge < -0.3 is 5.32 Å². The van der Waals surface area contributed by atoms with Gasteiger partial charge in [0, 0.05) is 27.6 Å². The Bertz CT molecular complexity index is 1110. The predicted octanol–water partition coefficient (Wildman–Crippen LogP) is 5.99. The van der Waals surface area contributed by atoms with Gasteiger partial charge in [-0.15, -0.1) is 22.7 Å². The number of anilines is 1. The van der Waals surface area contributed by atoms with Crippen LogP contribution >= 0.6 is 22.7 Å². The Morgan fingerprint density at radius 3 is 2.31 bits per heavy atom. The Hall–Kier alpha value is -2.83. The average Bonchev–Trinajstić information content (AvgIpc) is 3.38. The Balaban J connectivity index is 1.37. The van der Waals surface area contributed by atoms with Crippen molar-refractivity contribution in [2.75, 3.05) is 5.32 Å². The molecule has 146 valence electrons. The third-order valence-electron chi connectivity index (χ3n) is 4.59. The van der Waals surface area contributed by atoms with Crippen LogP contribution in [0.5, 0.6) is 0 Å². The Morgan fingerprint density at radius 2 is 1.66 bits per heavy atom. The monoisotopic (exact) mass is 419 g/mol. The van der Waals surface area contributed by atoms with Crippen LogP contribution in [0.2, 0.25) is 0 Å². The number of rotatable bonds is 6. The minimum absolute atomic E-state index is 0.0690. The van der Waals surface area contributed by atoms with E-state index in [1.165, 1.54) is 5.56 Å². The Kier molecular flexibility index (Phi) is 5.83. The first kappa shape index (κ1) is 19.5. The largest absolute Gasteiger partial charge is 0.326 e. The lowest BCUT2D eigenvalue weighted by Gasteiger charge is -2.05. The molecule has 0 aliphatic rings. The molecule has 0 spiro atoms. The van der Waals surface area contributed by atoms with Crippen molar-refractivity contribution >= 4 is 34.3 Å². The molecule has 0 bridgehead atoms. The van der Waals surface area contributed by atoms with E-state index in [1.807, 2.05) is 41.9 Å². The number of thiazole rings is 2. The van der Waals surface area contributed by atoms with Crippen LogP contribution in [0.1, 0.15) is 23.2 Å². The fraction of sp³-hybridized carbons (Fsp3) is 0.174. The van der Waals surface area contributed by atoms with Gasteiger partial charge >= 0.3 is 0 Å². The van der Waals surface area contributed by atoms with Crippen molar-refractivity contribution in [3.8, 4) is 21.8 Å². The van der Waals surface area contributed by atoms with Crippen LogP contribution in [0.3, 0.4) is 0 Å². The standard InChI is InChI=1S/C23H21N3OS2/c1-3-16-4-6-18(7-5-16)23-26-20(13-29-23)12-22(27)25-19-10-8-17(9-11-19)21-14-28-15(2)24-21/h4-11,13-14H,3,12H2,1-2H3,(H,25,27). The minimum atomic E-state index is -0.0690. The van der Waals surface area contributed by atoms with Crippen molar-refractivity contribution in [3.63, 3.8) is 0 Å². The van der Waals surface area contributed by atoms with Crippen LogP contribution in [-0.2, 0) is 17.6 Å². The Labute approximate surface area is 178 Å². The molecule has 4 aromatic rings. The summed E-state index contributed by atoms with van der Waals surface area (Å²) in [6, 6.07) is 16.2. The van der Waals surface area contributed by atoms with Gasteiger partial charge in [0.15, 0.2) is 0 Å². The third kappa shape index (κ3) is 4.78. The van der Waals surface area contributed by atoms with E-state index >= 15 is 0 Å². The van der Waals surface area contributed by atoms with Crippen molar-refractivity contribution in [1.29, 1.82) is 0 Å². The second kappa shape index (κ2) is 8.68. The molecule has 0 unspecified atom stereocenters. The van der Waals surface area contributed by atoms with Crippen molar-refractivity contribution < 1.29 is 4.79 Å². The van der Waals surface area contributed by atoms with Crippen LogP contribution < -0.4 is 5.32 Å². The first-order chi connectivity index (χ1) is 14.1. The van der Waals surface area contributed by atoms with Crippen LogP contribution in [-0.4, -0.2) is 15.9 Å². The number of carbonyl (C=O) groups is 1. The predicted molar refractivity (Wildman–Crippen MR) is 122 cm³/mol. The van der Waals surface area contributed by atoms with E-state index in [2.05, 4.69) is 46.5 Å². The normalized spacial score (nSPS) is 10.8. The maximum atomic E-state index is 12.4. The van der Waals surface area contributed by atoms with Gasteiger partial charge in [0.2, 0.25) is 5.91 Å². The zero-order valence-electron chi connectivity index (χ0n) is 16.3. The van der Waals surface area contributed by atoms with Crippen LogP contribution in [0, 0.1) is 6.92 Å². The SMILES string of the molecule is CCc1ccc(-c2nc(CC(=O)Nc3ccc(-c4csc(C)n4)cc3)cs2)cc1. The summed E-state index contributed by atoms with van der Waals surface area (Å²) in [6.45, 7) is 4.13. The fourth-order valence-corrected chi connectivity index (χ4v) is 4.44. The van der Waals surface area contributed by atoms with E-state index in [0.29, 0.717) is 0 Å². The molecular formula is C23H21N3OS2. The summed E-state index contributed by atoms with van der Waals surface area (Å²) in [5, 5.41) is 8.93. The average molecular weight is 420 g/mol. The summed E-state index contributed by atoms with van der Waals surface area (Å²) < 4.78 is 0. The molecule has 29 heavy (non-hydrogen) atoms. The molecule has 2 aromatic heterocycles. The summed E-state index contributed by atoms with van der Waals surface area (Å²) in [7, 11) is 0. The fourth-order valence-electron chi connectivity index (χ4n) is 2.99. The van der Waals surface area contributed by atoms with E-state index in [4.69, 9.17) is 0 Å². The molecule has 2 aromatic carbocycles. The minimum Gasteiger partial charge on any atom is -0.326 e. The van der Waals surface area contributed by atoms with Gasteiger partial charge in [0.05, 0.1) is 22.8 Å².